The van der Waals surface area contributed by atoms with Crippen molar-refractivity contribution in [1.29, 1.82) is 0 Å². The highest BCUT2D eigenvalue weighted by molar-refractivity contribution is 6.31. The van der Waals surface area contributed by atoms with Crippen molar-refractivity contribution in [3.8, 4) is 5.88 Å². The van der Waals surface area contributed by atoms with E-state index in [1.54, 1.807) is 4.68 Å². The van der Waals surface area contributed by atoms with Gasteiger partial charge in [-0.05, 0) is 18.6 Å². The Kier molecular flexibility index (Phi) is 3.37. The molecule has 0 amide bonds. The first-order valence-corrected chi connectivity index (χ1v) is 7.07. The van der Waals surface area contributed by atoms with Crippen LogP contribution in [-0.2, 0) is 11.3 Å². The molecule has 1 aromatic carbocycles. The largest absolute Gasteiger partial charge is 0.478 e. The van der Waals surface area contributed by atoms with Crippen LogP contribution in [0.4, 0.5) is 0 Å². The second-order valence-electron chi connectivity index (χ2n) is 5.22. The van der Waals surface area contributed by atoms with Gasteiger partial charge in [0.2, 0.25) is 12.0 Å². The molecule has 0 aliphatic carbocycles. The van der Waals surface area contributed by atoms with Gasteiger partial charge in [-0.1, -0.05) is 36.7 Å². The fourth-order valence-corrected chi connectivity index (χ4v) is 2.92. The third kappa shape index (κ3) is 2.27. The predicted molar refractivity (Wildman–Crippen MR) is 78.0 cm³/mol. The molecule has 1 aliphatic heterocycles. The van der Waals surface area contributed by atoms with Gasteiger partial charge in [0.25, 0.3) is 0 Å². The van der Waals surface area contributed by atoms with Crippen LogP contribution < -0.4 is 4.74 Å². The zero-order valence-electron chi connectivity index (χ0n) is 11.7. The van der Waals surface area contributed by atoms with Crippen LogP contribution in [0.25, 0.3) is 0 Å². The molecule has 2 unspecified atom stereocenters. The third-order valence-corrected chi connectivity index (χ3v) is 4.26. The second kappa shape index (κ2) is 5.07. The van der Waals surface area contributed by atoms with Gasteiger partial charge in [-0.2, -0.15) is 0 Å². The molecule has 5 nitrogen and oxygen atoms in total. The van der Waals surface area contributed by atoms with Gasteiger partial charge >= 0.3 is 5.97 Å². The lowest BCUT2D eigenvalue weighted by molar-refractivity contribution is -0.145. The topological polar surface area (TPSA) is 64.4 Å². The molecule has 1 aromatic heterocycles. The van der Waals surface area contributed by atoms with Crippen LogP contribution in [0.2, 0.25) is 5.02 Å². The Labute approximate surface area is 127 Å². The molecule has 0 fully saturated rings. The fraction of sp³-hybridized carbons (Fsp3) is 0.333. The molecule has 21 heavy (non-hydrogen) atoms. The monoisotopic (exact) mass is 306 g/mol. The number of carboxylic acids is 1. The number of rotatable bonds is 3. The van der Waals surface area contributed by atoms with Crippen molar-refractivity contribution in [1.82, 2.24) is 9.78 Å². The number of benzene rings is 1. The zero-order chi connectivity index (χ0) is 15.1. The molecule has 3 rings (SSSR count). The highest BCUT2D eigenvalue weighted by Gasteiger charge is 2.40. The number of aromatic nitrogens is 2. The zero-order valence-corrected chi connectivity index (χ0v) is 12.5. The maximum Gasteiger partial charge on any atom is 0.345 e. The fourth-order valence-electron chi connectivity index (χ4n) is 2.72. The summed E-state index contributed by atoms with van der Waals surface area (Å²) in [5.74, 6) is -0.755. The minimum Gasteiger partial charge on any atom is -0.478 e. The summed E-state index contributed by atoms with van der Waals surface area (Å²) < 4.78 is 7.25. The van der Waals surface area contributed by atoms with Gasteiger partial charge in [-0.25, -0.2) is 4.79 Å². The Morgan fingerprint density at radius 3 is 2.81 bits per heavy atom. The molecule has 0 saturated heterocycles. The molecule has 2 heterocycles. The van der Waals surface area contributed by atoms with Crippen molar-refractivity contribution >= 4 is 17.6 Å². The van der Waals surface area contributed by atoms with Gasteiger partial charge in [0, 0.05) is 22.2 Å². The average Bonchev–Trinajstić information content (AvgIpc) is 2.91. The third-order valence-electron chi connectivity index (χ3n) is 3.89. The molecule has 110 valence electrons. The van der Waals surface area contributed by atoms with Gasteiger partial charge in [0.1, 0.15) is 0 Å². The van der Waals surface area contributed by atoms with Crippen LogP contribution in [0, 0.1) is 6.92 Å². The van der Waals surface area contributed by atoms with E-state index in [9.17, 15) is 4.79 Å². The molecular weight excluding hydrogens is 292 g/mol. The van der Waals surface area contributed by atoms with Gasteiger partial charge in [-0.3, -0.25) is 4.68 Å². The number of aliphatic carboxylic acids is 1. The van der Waals surface area contributed by atoms with Crippen LogP contribution in [0.15, 0.2) is 24.3 Å². The van der Waals surface area contributed by atoms with Crippen molar-refractivity contribution < 1.29 is 14.6 Å². The van der Waals surface area contributed by atoms with Crippen LogP contribution >= 0.6 is 11.6 Å². The number of hydrogen-bond donors (Lipinski definition) is 1. The van der Waals surface area contributed by atoms with Crippen LogP contribution in [0.5, 0.6) is 5.88 Å². The van der Waals surface area contributed by atoms with Crippen molar-refractivity contribution in [2.75, 3.05) is 0 Å². The van der Waals surface area contributed by atoms with Crippen molar-refractivity contribution in [3.63, 3.8) is 0 Å². The smallest absolute Gasteiger partial charge is 0.345 e. The SMILES string of the molecule is Cc1c2c(nn1Cc1ccccc1Cl)OC(C(=O)O)C2C. The van der Waals surface area contributed by atoms with E-state index in [1.165, 1.54) is 0 Å². The molecule has 0 spiro atoms. The highest BCUT2D eigenvalue weighted by Crippen LogP contribution is 2.39. The van der Waals surface area contributed by atoms with Crippen LogP contribution in [0.1, 0.15) is 29.7 Å². The number of carbonyl (C=O) groups is 1. The summed E-state index contributed by atoms with van der Waals surface area (Å²) in [5, 5.41) is 14.2. The van der Waals surface area contributed by atoms with E-state index in [1.807, 2.05) is 38.1 Å². The summed E-state index contributed by atoms with van der Waals surface area (Å²) in [5.41, 5.74) is 2.75. The maximum absolute atomic E-state index is 11.1. The highest BCUT2D eigenvalue weighted by atomic mass is 35.5. The molecule has 0 saturated carbocycles. The van der Waals surface area contributed by atoms with Gasteiger partial charge in [0.05, 0.1) is 6.54 Å². The minimum absolute atomic E-state index is 0.211. The molecule has 0 bridgehead atoms. The van der Waals surface area contributed by atoms with E-state index in [4.69, 9.17) is 21.4 Å². The first-order valence-electron chi connectivity index (χ1n) is 6.69. The van der Waals surface area contributed by atoms with E-state index in [0.717, 1.165) is 16.8 Å². The summed E-state index contributed by atoms with van der Waals surface area (Å²) in [4.78, 5) is 11.1. The first-order chi connectivity index (χ1) is 9.99. The Morgan fingerprint density at radius 1 is 1.48 bits per heavy atom. The lowest BCUT2D eigenvalue weighted by Gasteiger charge is -2.13. The Bertz CT molecular complexity index is 711. The molecule has 1 aliphatic rings. The molecule has 6 heteroatoms. The van der Waals surface area contributed by atoms with E-state index < -0.39 is 12.1 Å². The number of fused-ring (bicyclic) bond motifs is 1. The van der Waals surface area contributed by atoms with Gasteiger partial charge in [-0.15, -0.1) is 5.10 Å². The summed E-state index contributed by atoms with van der Waals surface area (Å²) in [6, 6.07) is 7.58. The van der Waals surface area contributed by atoms with Gasteiger partial charge in [0.15, 0.2) is 0 Å². The number of hydrogen-bond acceptors (Lipinski definition) is 3. The molecule has 2 atom stereocenters. The van der Waals surface area contributed by atoms with Crippen LogP contribution in [-0.4, -0.2) is 27.0 Å². The normalized spacial score (nSPS) is 20.1. The lowest BCUT2D eigenvalue weighted by atomic mass is 9.98. The number of nitrogens with zero attached hydrogens (tertiary/aromatic N) is 2. The minimum atomic E-state index is -0.961. The Hall–Kier alpha value is -2.01. The van der Waals surface area contributed by atoms with E-state index in [0.29, 0.717) is 17.4 Å². The average molecular weight is 307 g/mol. The summed E-state index contributed by atoms with van der Waals surface area (Å²) in [6.45, 7) is 4.30. The number of carboxylic acid groups (broad SMARTS) is 1. The summed E-state index contributed by atoms with van der Waals surface area (Å²) >= 11 is 6.16. The van der Waals surface area contributed by atoms with E-state index in [2.05, 4.69) is 5.10 Å². The lowest BCUT2D eigenvalue weighted by Crippen LogP contribution is -2.28. The standard InChI is InChI=1S/C15H15ClN2O3/c1-8-12-9(2)18(7-10-5-3-4-6-11(10)16)17-14(12)21-13(8)15(19)20/h3-6,8,13H,7H2,1-2H3,(H,19,20). The van der Waals surface area contributed by atoms with Crippen molar-refractivity contribution in [2.24, 2.45) is 0 Å². The Morgan fingerprint density at radius 2 is 2.19 bits per heavy atom. The summed E-state index contributed by atoms with van der Waals surface area (Å²) in [7, 11) is 0. The second-order valence-corrected chi connectivity index (χ2v) is 5.63. The molecular formula is C15H15ClN2O3. The van der Waals surface area contributed by atoms with E-state index in [-0.39, 0.29) is 5.92 Å². The van der Waals surface area contributed by atoms with Crippen LogP contribution in [0.3, 0.4) is 0 Å². The first kappa shape index (κ1) is 13.9. The number of halogens is 1. The van der Waals surface area contributed by atoms with Crippen molar-refractivity contribution in [2.45, 2.75) is 32.4 Å². The number of ether oxygens (including phenoxy) is 1. The van der Waals surface area contributed by atoms with Crippen molar-refractivity contribution in [3.05, 3.63) is 46.1 Å². The predicted octanol–water partition coefficient (Wildman–Crippen LogP) is 2.84. The Balaban J connectivity index is 1.92. The molecule has 1 N–H and O–H groups in total. The van der Waals surface area contributed by atoms with E-state index >= 15 is 0 Å². The quantitative estimate of drug-likeness (QED) is 0.947. The summed E-state index contributed by atoms with van der Waals surface area (Å²) in [6.07, 6.45) is -0.851. The van der Waals surface area contributed by atoms with Gasteiger partial charge < -0.3 is 9.84 Å². The maximum atomic E-state index is 11.1. The molecule has 0 radical (unpaired) electrons. The molecule has 2 aromatic rings.